The number of amides is 1. The number of fused-ring (bicyclic) bond motifs is 1. The molecule has 0 N–H and O–H groups in total. The Morgan fingerprint density at radius 3 is 3.04 bits per heavy atom. The van der Waals surface area contributed by atoms with Crippen LogP contribution in [0.5, 0.6) is 0 Å². The summed E-state index contributed by atoms with van der Waals surface area (Å²) in [6.45, 7) is 0.815. The van der Waals surface area contributed by atoms with Crippen molar-refractivity contribution in [3.8, 4) is 10.6 Å². The lowest BCUT2D eigenvalue weighted by atomic mass is 9.90. The lowest BCUT2D eigenvalue weighted by molar-refractivity contribution is -0.152. The van der Waals surface area contributed by atoms with Crippen molar-refractivity contribution in [1.29, 1.82) is 0 Å². The smallest absolute Gasteiger partial charge is 0.358 e. The molecule has 1 aliphatic heterocycles. The van der Waals surface area contributed by atoms with Gasteiger partial charge in [0.05, 0.1) is 18.8 Å². The minimum Gasteiger partial charge on any atom is -0.451 e. The van der Waals surface area contributed by atoms with Gasteiger partial charge in [-0.3, -0.25) is 4.79 Å². The first kappa shape index (κ1) is 19.4. The molecule has 0 radical (unpaired) electrons. The maximum absolute atomic E-state index is 12.6. The third kappa shape index (κ3) is 4.21. The van der Waals surface area contributed by atoms with Gasteiger partial charge in [-0.15, -0.1) is 11.3 Å². The highest BCUT2D eigenvalue weighted by atomic mass is 35.5. The molecular weight excluding hydrogens is 400 g/mol. The lowest BCUT2D eigenvalue weighted by Crippen LogP contribution is -2.55. The maximum atomic E-state index is 12.6. The number of morpholine rings is 1. The van der Waals surface area contributed by atoms with E-state index in [2.05, 4.69) is 4.98 Å². The van der Waals surface area contributed by atoms with Gasteiger partial charge in [0, 0.05) is 22.5 Å². The number of aromatic nitrogens is 1. The van der Waals surface area contributed by atoms with E-state index in [-0.39, 0.29) is 30.4 Å². The van der Waals surface area contributed by atoms with Crippen molar-refractivity contribution in [2.45, 2.75) is 37.8 Å². The van der Waals surface area contributed by atoms with Gasteiger partial charge in [-0.1, -0.05) is 36.6 Å². The third-order valence-electron chi connectivity index (χ3n) is 5.16. The summed E-state index contributed by atoms with van der Waals surface area (Å²) in [6.07, 6.45) is 4.27. The molecule has 2 aliphatic rings. The van der Waals surface area contributed by atoms with Crippen molar-refractivity contribution in [2.24, 2.45) is 0 Å². The van der Waals surface area contributed by atoms with Crippen LogP contribution in [0.25, 0.3) is 10.6 Å². The first-order valence-electron chi connectivity index (χ1n) is 9.41. The second-order valence-electron chi connectivity index (χ2n) is 6.97. The van der Waals surface area contributed by atoms with Crippen LogP contribution >= 0.6 is 22.9 Å². The number of hydrogen-bond donors (Lipinski definition) is 0. The molecule has 4 rings (SSSR count). The Labute approximate surface area is 172 Å². The SMILES string of the molecule is O=C(OCC(=O)N1CCO[C@H]2CCCC[C@H]21)c1csc(-c2cccc(Cl)c2)n1. The molecule has 2 aromatic rings. The molecule has 1 aromatic heterocycles. The largest absolute Gasteiger partial charge is 0.451 e. The molecule has 28 heavy (non-hydrogen) atoms. The summed E-state index contributed by atoms with van der Waals surface area (Å²) in [7, 11) is 0. The number of carbonyl (C=O) groups excluding carboxylic acids is 2. The zero-order valence-corrected chi connectivity index (χ0v) is 16.9. The van der Waals surface area contributed by atoms with E-state index in [0.717, 1.165) is 31.2 Å². The maximum Gasteiger partial charge on any atom is 0.358 e. The Balaban J connectivity index is 1.36. The van der Waals surface area contributed by atoms with Gasteiger partial charge < -0.3 is 14.4 Å². The van der Waals surface area contributed by atoms with E-state index in [1.807, 2.05) is 17.0 Å². The van der Waals surface area contributed by atoms with Crippen LogP contribution in [-0.4, -0.2) is 53.7 Å². The zero-order valence-electron chi connectivity index (χ0n) is 15.3. The van der Waals surface area contributed by atoms with E-state index in [1.54, 1.807) is 17.5 Å². The van der Waals surface area contributed by atoms with E-state index in [1.165, 1.54) is 11.3 Å². The molecule has 0 bridgehead atoms. The van der Waals surface area contributed by atoms with Gasteiger partial charge in [-0.2, -0.15) is 0 Å². The standard InChI is InChI=1S/C20H21ClN2O4S/c21-14-5-3-4-13(10-14)19-22-15(12-28-19)20(25)27-11-18(24)23-8-9-26-17-7-2-1-6-16(17)23/h3-5,10,12,16-17H,1-2,6-9,11H2/t16-,17+/m1/s1. The summed E-state index contributed by atoms with van der Waals surface area (Å²) < 4.78 is 11.0. The second-order valence-corrected chi connectivity index (χ2v) is 8.27. The molecule has 0 unspecified atom stereocenters. The average molecular weight is 421 g/mol. The highest BCUT2D eigenvalue weighted by Gasteiger charge is 2.36. The number of nitrogens with zero attached hydrogens (tertiary/aromatic N) is 2. The average Bonchev–Trinajstić information content (AvgIpc) is 3.22. The van der Waals surface area contributed by atoms with Crippen molar-refractivity contribution in [3.63, 3.8) is 0 Å². The lowest BCUT2D eigenvalue weighted by Gasteiger charge is -2.43. The highest BCUT2D eigenvalue weighted by molar-refractivity contribution is 7.13. The van der Waals surface area contributed by atoms with Crippen LogP contribution in [0, 0.1) is 0 Å². The molecule has 148 valence electrons. The van der Waals surface area contributed by atoms with Gasteiger partial charge in [0.2, 0.25) is 0 Å². The van der Waals surface area contributed by atoms with Crippen LogP contribution in [0.2, 0.25) is 5.02 Å². The summed E-state index contributed by atoms with van der Waals surface area (Å²) in [5.74, 6) is -0.759. The quantitative estimate of drug-likeness (QED) is 0.704. The fourth-order valence-corrected chi connectivity index (χ4v) is 4.79. The summed E-state index contributed by atoms with van der Waals surface area (Å²) >= 11 is 7.34. The van der Waals surface area contributed by atoms with Crippen LogP contribution in [0.1, 0.15) is 36.2 Å². The molecule has 1 amide bonds. The predicted octanol–water partition coefficient (Wildman–Crippen LogP) is 3.79. The molecule has 2 fully saturated rings. The Bertz CT molecular complexity index is 869. The van der Waals surface area contributed by atoms with Crippen LogP contribution < -0.4 is 0 Å². The van der Waals surface area contributed by atoms with Crippen molar-refractivity contribution in [3.05, 3.63) is 40.4 Å². The molecule has 0 spiro atoms. The predicted molar refractivity (Wildman–Crippen MR) is 107 cm³/mol. The van der Waals surface area contributed by atoms with Crippen LogP contribution in [-0.2, 0) is 14.3 Å². The minimum atomic E-state index is -0.591. The third-order valence-corrected chi connectivity index (χ3v) is 6.29. The molecule has 1 saturated heterocycles. The van der Waals surface area contributed by atoms with E-state index in [9.17, 15) is 9.59 Å². The van der Waals surface area contributed by atoms with Crippen molar-refractivity contribution in [2.75, 3.05) is 19.8 Å². The molecule has 1 aliphatic carbocycles. The fourth-order valence-electron chi connectivity index (χ4n) is 3.81. The monoisotopic (exact) mass is 420 g/mol. The van der Waals surface area contributed by atoms with Gasteiger partial charge in [0.25, 0.3) is 5.91 Å². The van der Waals surface area contributed by atoms with E-state index in [0.29, 0.717) is 23.2 Å². The summed E-state index contributed by atoms with van der Waals surface area (Å²) in [5.41, 5.74) is 1.04. The summed E-state index contributed by atoms with van der Waals surface area (Å²) in [5, 5.41) is 2.92. The number of thiazole rings is 1. The van der Waals surface area contributed by atoms with Gasteiger partial charge in [-0.05, 0) is 25.0 Å². The Morgan fingerprint density at radius 1 is 1.32 bits per heavy atom. The van der Waals surface area contributed by atoms with Gasteiger partial charge in [0.1, 0.15) is 5.01 Å². The van der Waals surface area contributed by atoms with Crippen molar-refractivity contribution < 1.29 is 19.1 Å². The number of esters is 1. The van der Waals surface area contributed by atoms with Crippen LogP contribution in [0.15, 0.2) is 29.6 Å². The first-order valence-corrected chi connectivity index (χ1v) is 10.7. The summed E-state index contributed by atoms with van der Waals surface area (Å²) in [4.78, 5) is 31.1. The normalized spacial score (nSPS) is 21.8. The molecule has 8 heteroatoms. The van der Waals surface area contributed by atoms with Gasteiger partial charge >= 0.3 is 5.97 Å². The number of halogens is 1. The molecule has 6 nitrogen and oxygen atoms in total. The number of carbonyl (C=O) groups is 2. The van der Waals surface area contributed by atoms with Crippen molar-refractivity contribution in [1.82, 2.24) is 9.88 Å². The van der Waals surface area contributed by atoms with E-state index < -0.39 is 5.97 Å². The molecular formula is C20H21ClN2O4S. The molecule has 2 atom stereocenters. The second kappa shape index (κ2) is 8.59. The zero-order chi connectivity index (χ0) is 19.5. The fraction of sp³-hybridized carbons (Fsp3) is 0.450. The Morgan fingerprint density at radius 2 is 2.18 bits per heavy atom. The number of hydrogen-bond acceptors (Lipinski definition) is 6. The topological polar surface area (TPSA) is 68.7 Å². The minimum absolute atomic E-state index is 0.0995. The van der Waals surface area contributed by atoms with E-state index in [4.69, 9.17) is 21.1 Å². The number of benzene rings is 1. The molecule has 2 heterocycles. The van der Waals surface area contributed by atoms with Crippen LogP contribution in [0.3, 0.4) is 0 Å². The molecule has 1 aromatic carbocycles. The highest BCUT2D eigenvalue weighted by Crippen LogP contribution is 2.29. The number of rotatable bonds is 4. The van der Waals surface area contributed by atoms with Crippen molar-refractivity contribution >= 4 is 34.8 Å². The first-order chi connectivity index (χ1) is 13.6. The van der Waals surface area contributed by atoms with E-state index >= 15 is 0 Å². The number of ether oxygens (including phenoxy) is 2. The Hall–Kier alpha value is -1.96. The summed E-state index contributed by atoms with van der Waals surface area (Å²) in [6, 6.07) is 7.38. The Kier molecular flexibility index (Phi) is 5.94. The van der Waals surface area contributed by atoms with Crippen LogP contribution in [0.4, 0.5) is 0 Å². The van der Waals surface area contributed by atoms with Gasteiger partial charge in [0.15, 0.2) is 12.3 Å². The van der Waals surface area contributed by atoms with Gasteiger partial charge in [-0.25, -0.2) is 9.78 Å². The molecule has 1 saturated carbocycles.